The van der Waals surface area contributed by atoms with Gasteiger partial charge in [0.15, 0.2) is 0 Å². The van der Waals surface area contributed by atoms with Gasteiger partial charge in [0.05, 0.1) is 0 Å². The van der Waals surface area contributed by atoms with Crippen LogP contribution in [0.2, 0.25) is 0 Å². The van der Waals surface area contributed by atoms with Gasteiger partial charge in [0.2, 0.25) is 0 Å². The number of allylic oxidation sites excluding steroid dienone is 3. The van der Waals surface area contributed by atoms with Crippen LogP contribution in [0, 0.1) is 0 Å². The summed E-state index contributed by atoms with van der Waals surface area (Å²) in [6.45, 7) is 20.5. The lowest BCUT2D eigenvalue weighted by molar-refractivity contribution is 0.203. The van der Waals surface area contributed by atoms with E-state index in [1.54, 1.807) is 30.3 Å². The molecule has 4 aliphatic rings. The monoisotopic (exact) mass is 1370 g/mol. The highest BCUT2D eigenvalue weighted by molar-refractivity contribution is 6.01. The summed E-state index contributed by atoms with van der Waals surface area (Å²) in [6, 6.07) is 82.7. The SMILES string of the molecule is CC(C)N1CCN(c2ccc(/C(=C(/CCCO)c3ccccc3)c3ccc(O)cc3)cc2)CC1.CC(C)N1CCN(c2ccc(/C(=C(/CCCO)c3ccccc3)c3cccc(O)c3)cc2)CC1.OCCC/C(=C(\c1ccc(O)cc1)c1ccc(C2CCN(C3CC3)CC2)cc1)c1ccccc1. The predicted octanol–water partition coefficient (Wildman–Crippen LogP) is 17.8. The van der Waals surface area contributed by atoms with Gasteiger partial charge in [-0.05, 0) is 261 Å². The Hall–Kier alpha value is -9.04. The fourth-order valence-corrected chi connectivity index (χ4v) is 15.0. The first-order chi connectivity index (χ1) is 49.9. The minimum atomic E-state index is 0.144. The summed E-state index contributed by atoms with van der Waals surface area (Å²) in [7, 11) is 0. The molecule has 13 rings (SSSR count). The van der Waals surface area contributed by atoms with Crippen molar-refractivity contribution in [1.29, 1.82) is 0 Å². The van der Waals surface area contributed by atoms with Crippen molar-refractivity contribution in [2.45, 2.75) is 116 Å². The minimum Gasteiger partial charge on any atom is -0.508 e. The van der Waals surface area contributed by atoms with Crippen LogP contribution in [0.5, 0.6) is 17.2 Å². The van der Waals surface area contributed by atoms with Gasteiger partial charge < -0.3 is 45.3 Å². The Balaban J connectivity index is 0.000000154. The number of nitrogens with zero attached hydrogens (tertiary/aromatic N) is 5. The van der Waals surface area contributed by atoms with E-state index in [4.69, 9.17) is 0 Å². The van der Waals surface area contributed by atoms with Gasteiger partial charge in [0.25, 0.3) is 0 Å². The maximum absolute atomic E-state index is 10.2. The fraction of sp³-hybridized carbons (Fsp3) is 0.341. The molecule has 1 aliphatic carbocycles. The van der Waals surface area contributed by atoms with E-state index in [2.05, 4.69) is 192 Å². The van der Waals surface area contributed by atoms with Gasteiger partial charge in [-0.25, -0.2) is 0 Å². The van der Waals surface area contributed by atoms with Crippen molar-refractivity contribution < 1.29 is 30.6 Å². The van der Waals surface area contributed by atoms with Crippen LogP contribution < -0.4 is 9.80 Å². The molecule has 4 fully saturated rings. The maximum Gasteiger partial charge on any atom is 0.116 e. The first kappa shape index (κ1) is 74.2. The largest absolute Gasteiger partial charge is 0.508 e. The summed E-state index contributed by atoms with van der Waals surface area (Å²) in [5.74, 6) is 1.43. The molecule has 0 atom stereocenters. The van der Waals surface area contributed by atoms with Crippen molar-refractivity contribution in [1.82, 2.24) is 14.7 Å². The molecular weight excluding hydrogens is 1260 g/mol. The van der Waals surface area contributed by atoms with Gasteiger partial charge in [0.1, 0.15) is 17.2 Å². The summed E-state index contributed by atoms with van der Waals surface area (Å²) in [5.41, 5.74) is 21.0. The van der Waals surface area contributed by atoms with Crippen LogP contribution in [-0.2, 0) is 0 Å². The van der Waals surface area contributed by atoms with E-state index in [-0.39, 0.29) is 37.1 Å². The normalized spacial score (nSPS) is 16.3. The minimum absolute atomic E-state index is 0.144. The van der Waals surface area contributed by atoms with Gasteiger partial charge in [-0.3, -0.25) is 9.80 Å². The molecule has 6 N–H and O–H groups in total. The van der Waals surface area contributed by atoms with Crippen LogP contribution in [-0.4, -0.2) is 149 Å². The second-order valence-electron chi connectivity index (χ2n) is 28.3. The van der Waals surface area contributed by atoms with Crippen LogP contribution in [0.1, 0.15) is 153 Å². The van der Waals surface area contributed by atoms with E-state index in [1.807, 2.05) is 66.7 Å². The topological polar surface area (TPSA) is 138 Å². The van der Waals surface area contributed by atoms with Crippen LogP contribution in [0.4, 0.5) is 11.4 Å². The molecule has 1 saturated carbocycles. The number of hydrogen-bond acceptors (Lipinski definition) is 11. The molecule has 532 valence electrons. The van der Waals surface area contributed by atoms with Crippen molar-refractivity contribution in [3.63, 3.8) is 0 Å². The number of piperidine rings is 1. The summed E-state index contributed by atoms with van der Waals surface area (Å²) < 4.78 is 0. The molecule has 0 bridgehead atoms. The number of aromatic hydroxyl groups is 3. The first-order valence-electron chi connectivity index (χ1n) is 37.5. The molecule has 9 aromatic carbocycles. The molecule has 0 spiro atoms. The zero-order valence-corrected chi connectivity index (χ0v) is 60.5. The third-order valence-electron chi connectivity index (χ3n) is 20.9. The van der Waals surface area contributed by atoms with E-state index in [1.165, 1.54) is 89.1 Å². The fourth-order valence-electron chi connectivity index (χ4n) is 15.0. The Morgan fingerprint density at radius 2 is 0.647 bits per heavy atom. The Bertz CT molecular complexity index is 3920. The number of phenolic OH excluding ortho intramolecular Hbond substituents is 3. The van der Waals surface area contributed by atoms with Gasteiger partial charge in [-0.2, -0.15) is 0 Å². The van der Waals surface area contributed by atoms with Crippen molar-refractivity contribution >= 4 is 44.8 Å². The molecule has 11 nitrogen and oxygen atoms in total. The highest BCUT2D eigenvalue weighted by atomic mass is 16.3. The Kier molecular flexibility index (Phi) is 27.1. The first-order valence-corrected chi connectivity index (χ1v) is 37.5. The molecule has 0 radical (unpaired) electrons. The van der Waals surface area contributed by atoms with E-state index in [0.717, 1.165) is 128 Å². The molecule has 9 aromatic rings. The number of hydrogen-bond donors (Lipinski definition) is 6. The average molecular weight is 1370 g/mol. The quantitative estimate of drug-likeness (QED) is 0.0323. The molecule has 0 unspecified atom stereocenters. The van der Waals surface area contributed by atoms with E-state index in [9.17, 15) is 30.6 Å². The molecule has 102 heavy (non-hydrogen) atoms. The molecule has 0 aromatic heterocycles. The maximum atomic E-state index is 10.2. The molecule has 3 saturated heterocycles. The number of aliphatic hydroxyl groups excluding tert-OH is 3. The Morgan fingerprint density at radius 3 is 0.971 bits per heavy atom. The van der Waals surface area contributed by atoms with E-state index in [0.29, 0.717) is 37.3 Å². The molecule has 3 aliphatic heterocycles. The summed E-state index contributed by atoms with van der Waals surface area (Å²) in [6.07, 6.45) is 9.71. The lowest BCUT2D eigenvalue weighted by atomic mass is 9.85. The lowest BCUT2D eigenvalue weighted by Crippen LogP contribution is -2.48. The van der Waals surface area contributed by atoms with Gasteiger partial charge in [-0.1, -0.05) is 176 Å². The lowest BCUT2D eigenvalue weighted by Gasteiger charge is -2.38. The summed E-state index contributed by atoms with van der Waals surface area (Å²) in [5, 5.41) is 58.8. The zero-order chi connectivity index (χ0) is 71.2. The van der Waals surface area contributed by atoms with Gasteiger partial charge >= 0.3 is 0 Å². The highest BCUT2D eigenvalue weighted by Gasteiger charge is 2.32. The molecule has 3 heterocycles. The van der Waals surface area contributed by atoms with E-state index >= 15 is 0 Å². The number of aliphatic hydroxyl groups is 3. The summed E-state index contributed by atoms with van der Waals surface area (Å²) >= 11 is 0. The number of likely N-dealkylation sites (tertiary alicyclic amines) is 1. The smallest absolute Gasteiger partial charge is 0.116 e. The van der Waals surface area contributed by atoms with Gasteiger partial charge in [-0.15, -0.1) is 0 Å². The number of benzene rings is 9. The summed E-state index contributed by atoms with van der Waals surface area (Å²) in [4.78, 5) is 12.7. The number of rotatable bonds is 24. The highest BCUT2D eigenvalue weighted by Crippen LogP contribution is 2.42. The van der Waals surface area contributed by atoms with Crippen molar-refractivity contribution in [2.75, 3.05) is 95.1 Å². The van der Waals surface area contributed by atoms with Crippen LogP contribution in [0.25, 0.3) is 33.4 Å². The third kappa shape index (κ3) is 20.0. The zero-order valence-electron chi connectivity index (χ0n) is 60.5. The van der Waals surface area contributed by atoms with Crippen LogP contribution in [0.3, 0.4) is 0 Å². The van der Waals surface area contributed by atoms with Gasteiger partial charge in [0, 0.05) is 102 Å². The second-order valence-corrected chi connectivity index (χ2v) is 28.3. The molecule has 11 heteroatoms. The Morgan fingerprint density at radius 1 is 0.324 bits per heavy atom. The number of piperazine rings is 2. The average Bonchev–Trinajstić information content (AvgIpc) is 1.74. The molecule has 0 amide bonds. The van der Waals surface area contributed by atoms with Crippen molar-refractivity contribution in [3.05, 3.63) is 292 Å². The second kappa shape index (κ2) is 37.2. The van der Waals surface area contributed by atoms with Crippen LogP contribution >= 0.6 is 0 Å². The predicted molar refractivity (Wildman–Crippen MR) is 424 cm³/mol. The van der Waals surface area contributed by atoms with Crippen molar-refractivity contribution in [2.24, 2.45) is 0 Å². The molecular formula is C91H107N5O6. The third-order valence-corrected chi connectivity index (χ3v) is 20.9. The van der Waals surface area contributed by atoms with Crippen molar-refractivity contribution in [3.8, 4) is 17.2 Å². The number of phenols is 3. The standard InChI is InChI=1S/C31H35NO2.2C30H36N2O2/c33-22-4-7-30(25-5-2-1-3-6-25)31(27-12-16-29(34)17-13-27)26-10-8-23(9-11-26)24-18-20-32(21-19-24)28-14-15-28;1-23(2)31-17-19-32(20-18-31)27-15-13-25(14-16-27)30(26-10-6-11-28(34)22-26)29(12-7-21-33)24-8-4-3-5-9-24;1-23(2)31-18-20-32(21-19-31)27-14-10-25(11-15-27)30(26-12-16-28(34)17-13-26)29(9-6-22-33)24-7-4-3-5-8-24/h1-3,5-6,8-13,16-17,24,28,33-34H,4,7,14-15,18-22H2;3-6,8-11,13-16,22-23,33-34H,7,12,17-21H2,1-2H3;3-5,7-8,10-17,23,33-34H,6,9,18-22H2,1-2H3/b31-30+;2*30-29+. The Labute approximate surface area is 607 Å². The van der Waals surface area contributed by atoms with E-state index < -0.39 is 0 Å². The number of anilines is 2. The van der Waals surface area contributed by atoms with Crippen LogP contribution in [0.15, 0.2) is 237 Å².